The standard InChI is InChI=1S/C22H32N2O2S/c1-4-6-17-8-12-19(13-9-17)26-15-21-20(23-27-5-2)14-11-18-10-7-16(3)22(25)24(18)21/h7,10,17,19-21,23H,5,8-9,11-15H2,1-3H3. The SMILES string of the molecule is CC#CC1CCC(OCC2C(NSCC)CCc3ccc(C)c(=O)n32)CC1. The molecule has 2 atom stereocenters. The van der Waals surface area contributed by atoms with Crippen LogP contribution in [0.3, 0.4) is 0 Å². The third-order valence-electron chi connectivity index (χ3n) is 5.80. The molecule has 0 radical (unpaired) electrons. The van der Waals surface area contributed by atoms with Crippen LogP contribution < -0.4 is 10.3 Å². The number of ether oxygens (including phenoxy) is 1. The molecule has 0 saturated heterocycles. The van der Waals surface area contributed by atoms with Gasteiger partial charge in [-0.15, -0.1) is 11.8 Å². The lowest BCUT2D eigenvalue weighted by atomic mass is 9.88. The first kappa shape index (κ1) is 20.5. The fraction of sp³-hybridized carbons (Fsp3) is 0.682. The first-order valence-electron chi connectivity index (χ1n) is 10.3. The van der Waals surface area contributed by atoms with E-state index < -0.39 is 0 Å². The molecule has 148 valence electrons. The summed E-state index contributed by atoms with van der Waals surface area (Å²) in [5.41, 5.74) is 2.09. The number of fused-ring (bicyclic) bond motifs is 1. The highest BCUT2D eigenvalue weighted by Gasteiger charge is 2.32. The van der Waals surface area contributed by atoms with Crippen molar-refractivity contribution in [3.05, 3.63) is 33.7 Å². The van der Waals surface area contributed by atoms with Crippen LogP contribution in [0.5, 0.6) is 0 Å². The monoisotopic (exact) mass is 388 g/mol. The van der Waals surface area contributed by atoms with E-state index in [1.165, 1.54) is 0 Å². The first-order valence-corrected chi connectivity index (χ1v) is 11.2. The Morgan fingerprint density at radius 2 is 2.04 bits per heavy atom. The highest BCUT2D eigenvalue weighted by atomic mass is 32.2. The number of nitrogens with zero attached hydrogens (tertiary/aromatic N) is 1. The number of aryl methyl sites for hydroxylation is 2. The van der Waals surface area contributed by atoms with Crippen molar-refractivity contribution in [1.29, 1.82) is 0 Å². The van der Waals surface area contributed by atoms with Crippen molar-refractivity contribution in [2.24, 2.45) is 5.92 Å². The lowest BCUT2D eigenvalue weighted by Crippen LogP contribution is -2.46. The zero-order valence-electron chi connectivity index (χ0n) is 16.8. The van der Waals surface area contributed by atoms with Crippen LogP contribution in [0, 0.1) is 24.7 Å². The predicted molar refractivity (Wildman–Crippen MR) is 113 cm³/mol. The molecule has 0 amide bonds. The molecule has 2 aliphatic rings. The number of hydrogen-bond acceptors (Lipinski definition) is 4. The molecular formula is C22H32N2O2S. The van der Waals surface area contributed by atoms with Gasteiger partial charge < -0.3 is 9.30 Å². The summed E-state index contributed by atoms with van der Waals surface area (Å²) in [7, 11) is 0. The molecule has 1 aliphatic carbocycles. The highest BCUT2D eigenvalue weighted by molar-refractivity contribution is 7.97. The van der Waals surface area contributed by atoms with E-state index in [9.17, 15) is 4.79 Å². The number of nitrogens with one attached hydrogen (secondary N) is 1. The van der Waals surface area contributed by atoms with Crippen molar-refractivity contribution < 1.29 is 4.74 Å². The zero-order chi connectivity index (χ0) is 19.2. The number of aromatic nitrogens is 1. The Morgan fingerprint density at radius 3 is 2.74 bits per heavy atom. The second-order valence-corrected chi connectivity index (χ2v) is 8.75. The molecule has 0 aromatic carbocycles. The summed E-state index contributed by atoms with van der Waals surface area (Å²) in [6.07, 6.45) is 6.67. The van der Waals surface area contributed by atoms with Crippen molar-refractivity contribution in [2.75, 3.05) is 12.4 Å². The minimum absolute atomic E-state index is 0.0633. The van der Waals surface area contributed by atoms with Gasteiger partial charge in [-0.2, -0.15) is 0 Å². The Bertz CT molecular complexity index is 741. The Kier molecular flexibility index (Phi) is 7.46. The van der Waals surface area contributed by atoms with Crippen LogP contribution >= 0.6 is 11.9 Å². The Labute approximate surface area is 167 Å². The van der Waals surface area contributed by atoms with E-state index in [-0.39, 0.29) is 17.6 Å². The van der Waals surface area contributed by atoms with Gasteiger partial charge in [-0.1, -0.05) is 24.9 Å². The van der Waals surface area contributed by atoms with E-state index in [1.54, 1.807) is 11.9 Å². The number of hydrogen-bond donors (Lipinski definition) is 1. The van der Waals surface area contributed by atoms with Gasteiger partial charge in [0.2, 0.25) is 0 Å². The minimum Gasteiger partial charge on any atom is -0.376 e. The maximum Gasteiger partial charge on any atom is 0.254 e. The third-order valence-corrected chi connectivity index (χ3v) is 6.56. The van der Waals surface area contributed by atoms with Gasteiger partial charge in [-0.25, -0.2) is 0 Å². The summed E-state index contributed by atoms with van der Waals surface area (Å²) in [4.78, 5) is 12.9. The average molecular weight is 389 g/mol. The van der Waals surface area contributed by atoms with Crippen molar-refractivity contribution in [3.8, 4) is 11.8 Å². The topological polar surface area (TPSA) is 43.3 Å². The molecule has 0 bridgehead atoms. The molecule has 1 fully saturated rings. The van der Waals surface area contributed by atoms with Gasteiger partial charge in [-0.3, -0.25) is 9.52 Å². The minimum atomic E-state index is 0.0633. The highest BCUT2D eigenvalue weighted by Crippen LogP contribution is 2.29. The molecule has 27 heavy (non-hydrogen) atoms. The lowest BCUT2D eigenvalue weighted by Gasteiger charge is -2.37. The van der Waals surface area contributed by atoms with Gasteiger partial charge in [0, 0.05) is 29.0 Å². The molecule has 3 rings (SSSR count). The molecule has 2 unspecified atom stereocenters. The van der Waals surface area contributed by atoms with E-state index in [1.807, 2.05) is 24.5 Å². The summed E-state index contributed by atoms with van der Waals surface area (Å²) in [6.45, 7) is 6.58. The fourth-order valence-corrected chi connectivity index (χ4v) is 4.92. The second kappa shape index (κ2) is 9.82. The lowest BCUT2D eigenvalue weighted by molar-refractivity contribution is -0.00283. The second-order valence-electron chi connectivity index (χ2n) is 7.65. The van der Waals surface area contributed by atoms with Crippen LogP contribution in [0.4, 0.5) is 0 Å². The summed E-state index contributed by atoms with van der Waals surface area (Å²) in [5, 5.41) is 0. The van der Waals surface area contributed by atoms with Crippen molar-refractivity contribution in [1.82, 2.24) is 9.29 Å². The largest absolute Gasteiger partial charge is 0.376 e. The van der Waals surface area contributed by atoms with E-state index in [0.29, 0.717) is 18.6 Å². The molecule has 1 aromatic heterocycles. The molecule has 1 aromatic rings. The van der Waals surface area contributed by atoms with Gasteiger partial charge in [0.1, 0.15) is 0 Å². The molecule has 1 saturated carbocycles. The van der Waals surface area contributed by atoms with Crippen LogP contribution in [0.1, 0.15) is 63.3 Å². The summed E-state index contributed by atoms with van der Waals surface area (Å²) < 4.78 is 11.9. The zero-order valence-corrected chi connectivity index (χ0v) is 17.6. The maximum atomic E-state index is 12.9. The number of rotatable bonds is 6. The first-order chi connectivity index (χ1) is 13.1. The van der Waals surface area contributed by atoms with E-state index >= 15 is 0 Å². The Balaban J connectivity index is 1.71. The summed E-state index contributed by atoms with van der Waals surface area (Å²) in [6, 6.07) is 4.40. The summed E-state index contributed by atoms with van der Waals surface area (Å²) >= 11 is 1.73. The molecule has 5 heteroatoms. The maximum absolute atomic E-state index is 12.9. The molecule has 1 N–H and O–H groups in total. The van der Waals surface area contributed by atoms with Gasteiger partial charge >= 0.3 is 0 Å². The fourth-order valence-electron chi connectivity index (χ4n) is 4.27. The van der Waals surface area contributed by atoms with Gasteiger partial charge in [0.15, 0.2) is 0 Å². The third kappa shape index (κ3) is 4.99. The summed E-state index contributed by atoms with van der Waals surface area (Å²) in [5.74, 6) is 7.90. The van der Waals surface area contributed by atoms with E-state index in [2.05, 4.69) is 29.6 Å². The quantitative estimate of drug-likeness (QED) is 0.593. The van der Waals surface area contributed by atoms with Gasteiger partial charge in [0.05, 0.1) is 18.8 Å². The molecule has 4 nitrogen and oxygen atoms in total. The molecular weight excluding hydrogens is 356 g/mol. The van der Waals surface area contributed by atoms with Gasteiger partial charge in [0.25, 0.3) is 5.56 Å². The molecule has 1 aliphatic heterocycles. The molecule has 2 heterocycles. The van der Waals surface area contributed by atoms with Crippen molar-refractivity contribution in [2.45, 2.75) is 77.5 Å². The van der Waals surface area contributed by atoms with E-state index in [0.717, 1.165) is 55.5 Å². The van der Waals surface area contributed by atoms with Crippen LogP contribution in [-0.2, 0) is 11.2 Å². The Hall–Kier alpha value is -1.22. The number of pyridine rings is 1. The predicted octanol–water partition coefficient (Wildman–Crippen LogP) is 3.87. The van der Waals surface area contributed by atoms with Crippen LogP contribution in [-0.4, -0.2) is 29.1 Å². The van der Waals surface area contributed by atoms with Crippen LogP contribution in [0.15, 0.2) is 16.9 Å². The Morgan fingerprint density at radius 1 is 1.26 bits per heavy atom. The smallest absolute Gasteiger partial charge is 0.254 e. The van der Waals surface area contributed by atoms with Crippen molar-refractivity contribution in [3.63, 3.8) is 0 Å². The average Bonchev–Trinajstić information content (AvgIpc) is 2.69. The van der Waals surface area contributed by atoms with Crippen molar-refractivity contribution >= 4 is 11.9 Å². The van der Waals surface area contributed by atoms with Crippen LogP contribution in [0.25, 0.3) is 0 Å². The van der Waals surface area contributed by atoms with E-state index in [4.69, 9.17) is 4.74 Å². The molecule has 0 spiro atoms. The van der Waals surface area contributed by atoms with Crippen LogP contribution in [0.2, 0.25) is 0 Å². The normalized spacial score (nSPS) is 27.5. The van der Waals surface area contributed by atoms with Gasteiger partial charge in [-0.05, 0) is 58.4 Å².